The molecular formula is C12H14ClNO4S2. The Balaban J connectivity index is 2.01. The minimum absolute atomic E-state index is 0.0609. The molecule has 0 atom stereocenters. The fourth-order valence-electron chi connectivity index (χ4n) is 1.74. The van der Waals surface area contributed by atoms with E-state index in [1.807, 2.05) is 6.07 Å². The summed E-state index contributed by atoms with van der Waals surface area (Å²) < 4.78 is 32.5. The molecule has 0 saturated heterocycles. The van der Waals surface area contributed by atoms with Gasteiger partial charge in [0.1, 0.15) is 23.0 Å². The highest BCUT2D eigenvalue weighted by Gasteiger charge is 2.20. The molecule has 2 heterocycles. The molecule has 5 nitrogen and oxygen atoms in total. The number of nitrogens with one attached hydrogen (secondary N) is 1. The van der Waals surface area contributed by atoms with Crippen LogP contribution in [0.5, 0.6) is 0 Å². The quantitative estimate of drug-likeness (QED) is 0.849. The Morgan fingerprint density at radius 2 is 2.20 bits per heavy atom. The van der Waals surface area contributed by atoms with E-state index in [1.165, 1.54) is 17.4 Å². The van der Waals surface area contributed by atoms with E-state index in [0.29, 0.717) is 10.8 Å². The predicted molar refractivity (Wildman–Crippen MR) is 77.6 cm³/mol. The summed E-state index contributed by atoms with van der Waals surface area (Å²) in [4.78, 5) is 1.07. The van der Waals surface area contributed by atoms with Gasteiger partial charge in [0.2, 0.25) is 10.0 Å². The lowest BCUT2D eigenvalue weighted by Crippen LogP contribution is -2.26. The summed E-state index contributed by atoms with van der Waals surface area (Å²) in [5.41, 5.74) is 0. The van der Waals surface area contributed by atoms with Crippen LogP contribution >= 0.6 is 22.9 Å². The number of hydrogen-bond donors (Lipinski definition) is 2. The highest BCUT2D eigenvalue weighted by atomic mass is 35.5. The van der Waals surface area contributed by atoms with Crippen molar-refractivity contribution in [1.82, 2.24) is 4.72 Å². The van der Waals surface area contributed by atoms with E-state index in [-0.39, 0.29) is 29.6 Å². The van der Waals surface area contributed by atoms with E-state index in [1.54, 1.807) is 13.0 Å². The number of hydrogen-bond acceptors (Lipinski definition) is 5. The Morgan fingerprint density at radius 1 is 1.45 bits per heavy atom. The van der Waals surface area contributed by atoms with Gasteiger partial charge in [-0.3, -0.25) is 0 Å². The number of halogens is 1. The summed E-state index contributed by atoms with van der Waals surface area (Å²) in [6, 6.07) is 4.98. The highest BCUT2D eigenvalue weighted by Crippen LogP contribution is 2.22. The van der Waals surface area contributed by atoms with Crippen LogP contribution in [-0.4, -0.2) is 20.1 Å². The van der Waals surface area contributed by atoms with Crippen molar-refractivity contribution in [2.45, 2.75) is 24.8 Å². The predicted octanol–water partition coefficient (Wildman–Crippen LogP) is 2.32. The molecule has 20 heavy (non-hydrogen) atoms. The van der Waals surface area contributed by atoms with Crippen LogP contribution in [-0.2, 0) is 23.1 Å². The van der Waals surface area contributed by atoms with Gasteiger partial charge < -0.3 is 9.52 Å². The van der Waals surface area contributed by atoms with E-state index < -0.39 is 10.0 Å². The highest BCUT2D eigenvalue weighted by molar-refractivity contribution is 7.89. The van der Waals surface area contributed by atoms with Crippen molar-refractivity contribution in [3.63, 3.8) is 0 Å². The summed E-state index contributed by atoms with van der Waals surface area (Å²) in [7, 11) is -3.63. The lowest BCUT2D eigenvalue weighted by atomic mass is 10.3. The summed E-state index contributed by atoms with van der Waals surface area (Å²) in [6.45, 7) is 1.50. The average molecular weight is 336 g/mol. The van der Waals surface area contributed by atoms with Gasteiger partial charge in [-0.15, -0.1) is 11.3 Å². The number of thiophene rings is 1. The first-order chi connectivity index (χ1) is 9.42. The SMILES string of the molecule is Cc1oc(CO)cc1S(=O)(=O)NCCc1ccc(Cl)s1. The first-order valence-electron chi connectivity index (χ1n) is 5.86. The molecule has 0 aliphatic heterocycles. The molecule has 0 aliphatic carbocycles. The fourth-order valence-corrected chi connectivity index (χ4v) is 4.06. The maximum absolute atomic E-state index is 12.1. The van der Waals surface area contributed by atoms with Gasteiger partial charge in [-0.1, -0.05) is 11.6 Å². The van der Waals surface area contributed by atoms with E-state index in [2.05, 4.69) is 4.72 Å². The standard InChI is InChI=1S/C12H14ClNO4S2/c1-8-11(6-9(7-15)18-8)20(16,17)14-5-4-10-2-3-12(13)19-10/h2-3,6,14-15H,4-5,7H2,1H3. The normalized spacial score (nSPS) is 11.9. The van der Waals surface area contributed by atoms with Crippen molar-refractivity contribution in [1.29, 1.82) is 0 Å². The van der Waals surface area contributed by atoms with Crippen molar-refractivity contribution in [3.05, 3.63) is 38.9 Å². The molecule has 2 rings (SSSR count). The minimum atomic E-state index is -3.63. The Kier molecular flexibility index (Phi) is 4.87. The molecular weight excluding hydrogens is 322 g/mol. The molecule has 0 fully saturated rings. The summed E-state index contributed by atoms with van der Waals surface area (Å²) in [5, 5.41) is 8.95. The van der Waals surface area contributed by atoms with Gasteiger partial charge in [0.05, 0.1) is 4.34 Å². The first-order valence-corrected chi connectivity index (χ1v) is 8.54. The topological polar surface area (TPSA) is 79.5 Å². The van der Waals surface area contributed by atoms with Crippen LogP contribution < -0.4 is 4.72 Å². The molecule has 0 saturated carbocycles. The summed E-state index contributed by atoms with van der Waals surface area (Å²) >= 11 is 7.23. The zero-order chi connectivity index (χ0) is 14.8. The third kappa shape index (κ3) is 3.62. The van der Waals surface area contributed by atoms with E-state index in [9.17, 15) is 8.42 Å². The van der Waals surface area contributed by atoms with Gasteiger partial charge in [-0.25, -0.2) is 13.1 Å². The van der Waals surface area contributed by atoms with Gasteiger partial charge >= 0.3 is 0 Å². The molecule has 0 unspecified atom stereocenters. The van der Waals surface area contributed by atoms with Crippen molar-refractivity contribution in [2.24, 2.45) is 0 Å². The van der Waals surface area contributed by atoms with Crippen LogP contribution in [0.2, 0.25) is 4.34 Å². The third-order valence-electron chi connectivity index (χ3n) is 2.66. The first kappa shape index (κ1) is 15.5. The summed E-state index contributed by atoms with van der Waals surface area (Å²) in [6.07, 6.45) is 0.570. The maximum Gasteiger partial charge on any atom is 0.244 e. The Hall–Kier alpha value is -0.860. The molecule has 8 heteroatoms. The Labute approximate surface area is 126 Å². The molecule has 2 aromatic rings. The zero-order valence-corrected chi connectivity index (χ0v) is 13.1. The van der Waals surface area contributed by atoms with Crippen molar-refractivity contribution in [2.75, 3.05) is 6.54 Å². The molecule has 2 N–H and O–H groups in total. The lowest BCUT2D eigenvalue weighted by molar-refractivity contribution is 0.244. The van der Waals surface area contributed by atoms with Gasteiger partial charge in [-0.05, 0) is 25.5 Å². The minimum Gasteiger partial charge on any atom is -0.462 e. The number of rotatable bonds is 6. The number of aliphatic hydroxyl groups is 1. The summed E-state index contributed by atoms with van der Waals surface area (Å²) in [5.74, 6) is 0.494. The molecule has 2 aromatic heterocycles. The molecule has 110 valence electrons. The fraction of sp³-hybridized carbons (Fsp3) is 0.333. The lowest BCUT2D eigenvalue weighted by Gasteiger charge is -2.04. The average Bonchev–Trinajstić information content (AvgIpc) is 2.95. The van der Waals surface area contributed by atoms with Gasteiger partial charge in [0.25, 0.3) is 0 Å². The van der Waals surface area contributed by atoms with Crippen LogP contribution in [0.1, 0.15) is 16.4 Å². The Bertz CT molecular complexity index is 690. The van der Waals surface area contributed by atoms with E-state index >= 15 is 0 Å². The molecule has 0 amide bonds. The third-order valence-corrected chi connectivity index (χ3v) is 5.52. The molecule has 0 spiro atoms. The molecule has 0 bridgehead atoms. The van der Waals surface area contributed by atoms with E-state index in [0.717, 1.165) is 4.88 Å². The molecule has 0 aliphatic rings. The van der Waals surface area contributed by atoms with Crippen molar-refractivity contribution in [3.8, 4) is 0 Å². The van der Waals surface area contributed by atoms with Crippen LogP contribution in [0.4, 0.5) is 0 Å². The van der Waals surface area contributed by atoms with Gasteiger partial charge in [0, 0.05) is 17.5 Å². The second kappa shape index (κ2) is 6.28. The van der Waals surface area contributed by atoms with Crippen LogP contribution in [0.3, 0.4) is 0 Å². The smallest absolute Gasteiger partial charge is 0.244 e. The van der Waals surface area contributed by atoms with Gasteiger partial charge in [0.15, 0.2) is 0 Å². The number of aliphatic hydroxyl groups excluding tert-OH is 1. The largest absolute Gasteiger partial charge is 0.462 e. The Morgan fingerprint density at radius 3 is 2.75 bits per heavy atom. The second-order valence-electron chi connectivity index (χ2n) is 4.14. The van der Waals surface area contributed by atoms with Gasteiger partial charge in [-0.2, -0.15) is 0 Å². The second-order valence-corrected chi connectivity index (χ2v) is 7.68. The monoisotopic (exact) mass is 335 g/mol. The number of furan rings is 1. The van der Waals surface area contributed by atoms with Crippen LogP contribution in [0.25, 0.3) is 0 Å². The molecule has 0 radical (unpaired) electrons. The van der Waals surface area contributed by atoms with Crippen molar-refractivity contribution < 1.29 is 17.9 Å². The maximum atomic E-state index is 12.1. The number of sulfonamides is 1. The van der Waals surface area contributed by atoms with Crippen LogP contribution in [0, 0.1) is 6.92 Å². The zero-order valence-electron chi connectivity index (χ0n) is 10.7. The van der Waals surface area contributed by atoms with Crippen LogP contribution in [0.15, 0.2) is 27.5 Å². The molecule has 0 aromatic carbocycles. The van der Waals surface area contributed by atoms with E-state index in [4.69, 9.17) is 21.1 Å². The van der Waals surface area contributed by atoms with Crippen molar-refractivity contribution >= 4 is 33.0 Å². The number of aryl methyl sites for hydroxylation is 1.